The molecule has 1 amide bonds. The smallest absolute Gasteiger partial charge is 0.253 e. The molecule has 0 saturated carbocycles. The maximum Gasteiger partial charge on any atom is 0.253 e. The number of nitrogens with one attached hydrogen (secondary N) is 1. The monoisotopic (exact) mass is 232 g/mol. The van der Waals surface area contributed by atoms with E-state index in [0.717, 1.165) is 18.7 Å². The van der Waals surface area contributed by atoms with Crippen LogP contribution in [0.5, 0.6) is 0 Å². The number of piperidine rings is 1. The third kappa shape index (κ3) is 3.30. The molecular weight excluding hydrogens is 212 g/mol. The lowest BCUT2D eigenvalue weighted by Gasteiger charge is -2.28. The van der Waals surface area contributed by atoms with Gasteiger partial charge in [0.1, 0.15) is 0 Å². The van der Waals surface area contributed by atoms with Gasteiger partial charge in [0.25, 0.3) is 5.91 Å². The van der Waals surface area contributed by atoms with E-state index < -0.39 is 0 Å². The Bertz CT molecular complexity index is 358. The van der Waals surface area contributed by atoms with Gasteiger partial charge in [-0.25, -0.2) is 0 Å². The van der Waals surface area contributed by atoms with Crippen molar-refractivity contribution in [1.82, 2.24) is 10.2 Å². The summed E-state index contributed by atoms with van der Waals surface area (Å²) in [6.45, 7) is 1.88. The molecule has 3 heteroatoms. The van der Waals surface area contributed by atoms with Crippen LogP contribution in [0.15, 0.2) is 30.3 Å². The molecule has 0 bridgehead atoms. The van der Waals surface area contributed by atoms with E-state index >= 15 is 0 Å². The SMILES string of the molecule is CN(CC1CCCCN1)C(=O)c1ccccc1. The molecule has 1 fully saturated rings. The molecule has 1 aliphatic rings. The predicted octanol–water partition coefficient (Wildman–Crippen LogP) is 1.90. The van der Waals surface area contributed by atoms with E-state index in [9.17, 15) is 4.79 Å². The van der Waals surface area contributed by atoms with Crippen LogP contribution in [0.4, 0.5) is 0 Å². The van der Waals surface area contributed by atoms with Crippen molar-refractivity contribution < 1.29 is 4.79 Å². The van der Waals surface area contributed by atoms with Crippen molar-refractivity contribution in [2.24, 2.45) is 0 Å². The molecule has 1 unspecified atom stereocenters. The molecule has 0 spiro atoms. The average molecular weight is 232 g/mol. The maximum atomic E-state index is 12.1. The summed E-state index contributed by atoms with van der Waals surface area (Å²) in [5.41, 5.74) is 0.769. The van der Waals surface area contributed by atoms with Crippen LogP contribution >= 0.6 is 0 Å². The molecular formula is C14H20N2O. The molecule has 3 nitrogen and oxygen atoms in total. The fourth-order valence-electron chi connectivity index (χ4n) is 2.29. The minimum Gasteiger partial charge on any atom is -0.340 e. The van der Waals surface area contributed by atoms with Gasteiger partial charge in [0.2, 0.25) is 0 Å². The van der Waals surface area contributed by atoms with Crippen LogP contribution in [0.1, 0.15) is 29.6 Å². The second-order valence-corrected chi connectivity index (χ2v) is 4.70. The molecule has 1 aliphatic heterocycles. The van der Waals surface area contributed by atoms with Gasteiger partial charge in [-0.2, -0.15) is 0 Å². The minimum absolute atomic E-state index is 0.109. The molecule has 2 rings (SSSR count). The van der Waals surface area contributed by atoms with Gasteiger partial charge in [0.05, 0.1) is 0 Å². The first-order valence-electron chi connectivity index (χ1n) is 6.31. The molecule has 92 valence electrons. The van der Waals surface area contributed by atoms with Crippen LogP contribution in [0.3, 0.4) is 0 Å². The number of likely N-dealkylation sites (N-methyl/N-ethyl adjacent to an activating group) is 1. The van der Waals surface area contributed by atoms with Crippen molar-refractivity contribution in [3.63, 3.8) is 0 Å². The molecule has 1 saturated heterocycles. The van der Waals surface area contributed by atoms with Gasteiger partial charge in [0.15, 0.2) is 0 Å². The molecule has 0 radical (unpaired) electrons. The molecule has 0 aromatic heterocycles. The highest BCUT2D eigenvalue weighted by Gasteiger charge is 2.18. The first-order chi connectivity index (χ1) is 8.27. The van der Waals surface area contributed by atoms with E-state index in [1.807, 2.05) is 42.3 Å². The van der Waals surface area contributed by atoms with E-state index in [1.165, 1.54) is 19.3 Å². The highest BCUT2D eigenvalue weighted by atomic mass is 16.2. The molecule has 17 heavy (non-hydrogen) atoms. The summed E-state index contributed by atoms with van der Waals surface area (Å²) in [7, 11) is 1.88. The van der Waals surface area contributed by atoms with Crippen molar-refractivity contribution in [2.75, 3.05) is 20.1 Å². The van der Waals surface area contributed by atoms with Crippen molar-refractivity contribution in [2.45, 2.75) is 25.3 Å². The third-order valence-electron chi connectivity index (χ3n) is 3.27. The lowest BCUT2D eigenvalue weighted by Crippen LogP contribution is -2.44. The first-order valence-corrected chi connectivity index (χ1v) is 6.31. The summed E-state index contributed by atoms with van der Waals surface area (Å²) in [6.07, 6.45) is 3.70. The van der Waals surface area contributed by atoms with Gasteiger partial charge in [-0.05, 0) is 31.5 Å². The van der Waals surface area contributed by atoms with Crippen LogP contribution in [0.2, 0.25) is 0 Å². The lowest BCUT2D eigenvalue weighted by molar-refractivity contribution is 0.0775. The predicted molar refractivity (Wildman–Crippen MR) is 69.0 cm³/mol. The lowest BCUT2D eigenvalue weighted by atomic mass is 10.0. The fourth-order valence-corrected chi connectivity index (χ4v) is 2.29. The number of carbonyl (C=O) groups excluding carboxylic acids is 1. The number of hydrogen-bond donors (Lipinski definition) is 1. The zero-order valence-electron chi connectivity index (χ0n) is 10.4. The van der Waals surface area contributed by atoms with E-state index in [2.05, 4.69) is 5.32 Å². The summed E-state index contributed by atoms with van der Waals surface area (Å²) in [5.74, 6) is 0.109. The zero-order valence-corrected chi connectivity index (χ0v) is 10.4. The molecule has 1 heterocycles. The van der Waals surface area contributed by atoms with E-state index in [-0.39, 0.29) is 5.91 Å². The van der Waals surface area contributed by atoms with Crippen LogP contribution < -0.4 is 5.32 Å². The summed E-state index contributed by atoms with van der Waals surface area (Å²) in [4.78, 5) is 13.9. The highest BCUT2D eigenvalue weighted by Crippen LogP contribution is 2.10. The van der Waals surface area contributed by atoms with Gasteiger partial charge in [0, 0.05) is 25.2 Å². The van der Waals surface area contributed by atoms with Crippen molar-refractivity contribution in [3.05, 3.63) is 35.9 Å². The van der Waals surface area contributed by atoms with Crippen molar-refractivity contribution in [3.8, 4) is 0 Å². The molecule has 1 N–H and O–H groups in total. The number of hydrogen-bond acceptors (Lipinski definition) is 2. The van der Waals surface area contributed by atoms with Crippen molar-refractivity contribution in [1.29, 1.82) is 0 Å². The van der Waals surface area contributed by atoms with Crippen LogP contribution in [-0.2, 0) is 0 Å². The second-order valence-electron chi connectivity index (χ2n) is 4.70. The standard InChI is InChI=1S/C14H20N2O/c1-16(11-13-9-5-6-10-15-13)14(17)12-7-3-2-4-8-12/h2-4,7-8,13,15H,5-6,9-11H2,1H3. The Hall–Kier alpha value is -1.35. The van der Waals surface area contributed by atoms with E-state index in [0.29, 0.717) is 6.04 Å². The number of rotatable bonds is 3. The summed E-state index contributed by atoms with van der Waals surface area (Å²) in [6, 6.07) is 9.93. The maximum absolute atomic E-state index is 12.1. The molecule has 1 aromatic rings. The molecule has 0 aliphatic carbocycles. The number of nitrogens with zero attached hydrogens (tertiary/aromatic N) is 1. The van der Waals surface area contributed by atoms with E-state index in [4.69, 9.17) is 0 Å². The number of carbonyl (C=O) groups is 1. The Labute approximate surface area is 103 Å². The largest absolute Gasteiger partial charge is 0.340 e. The first kappa shape index (κ1) is 12.1. The highest BCUT2D eigenvalue weighted by molar-refractivity contribution is 5.94. The second kappa shape index (κ2) is 5.82. The summed E-state index contributed by atoms with van der Waals surface area (Å²) >= 11 is 0. The fraction of sp³-hybridized carbons (Fsp3) is 0.500. The Morgan fingerprint density at radius 1 is 1.35 bits per heavy atom. The Balaban J connectivity index is 1.91. The topological polar surface area (TPSA) is 32.3 Å². The van der Waals surface area contributed by atoms with Gasteiger partial charge in [-0.3, -0.25) is 4.79 Å². The molecule has 1 aromatic carbocycles. The van der Waals surface area contributed by atoms with Crippen LogP contribution in [-0.4, -0.2) is 37.0 Å². The number of amides is 1. The summed E-state index contributed by atoms with van der Waals surface area (Å²) < 4.78 is 0. The van der Waals surface area contributed by atoms with Crippen LogP contribution in [0, 0.1) is 0 Å². The van der Waals surface area contributed by atoms with Gasteiger partial charge in [-0.1, -0.05) is 24.6 Å². The van der Waals surface area contributed by atoms with E-state index in [1.54, 1.807) is 0 Å². The average Bonchev–Trinajstić information content (AvgIpc) is 2.40. The minimum atomic E-state index is 0.109. The summed E-state index contributed by atoms with van der Waals surface area (Å²) in [5, 5.41) is 3.46. The van der Waals surface area contributed by atoms with Crippen LogP contribution in [0.25, 0.3) is 0 Å². The third-order valence-corrected chi connectivity index (χ3v) is 3.27. The Kier molecular flexibility index (Phi) is 4.15. The van der Waals surface area contributed by atoms with Gasteiger partial charge >= 0.3 is 0 Å². The quantitative estimate of drug-likeness (QED) is 0.863. The number of benzene rings is 1. The van der Waals surface area contributed by atoms with Gasteiger partial charge in [-0.15, -0.1) is 0 Å². The normalized spacial score (nSPS) is 19.9. The molecule has 1 atom stereocenters. The Morgan fingerprint density at radius 2 is 2.12 bits per heavy atom. The zero-order chi connectivity index (χ0) is 12.1. The van der Waals surface area contributed by atoms with Gasteiger partial charge < -0.3 is 10.2 Å². The Morgan fingerprint density at radius 3 is 2.76 bits per heavy atom. The van der Waals surface area contributed by atoms with Crippen molar-refractivity contribution >= 4 is 5.91 Å².